The molecule has 8 nitrogen and oxygen atoms in total. The van der Waals surface area contributed by atoms with E-state index in [9.17, 15) is 13.2 Å². The molecular weight excluding hydrogens is 308 g/mol. The number of sulfonamides is 1. The summed E-state index contributed by atoms with van der Waals surface area (Å²) in [6.07, 6.45) is 4.71. The molecule has 0 saturated carbocycles. The number of hydrogen-bond donors (Lipinski definition) is 1. The summed E-state index contributed by atoms with van der Waals surface area (Å²) in [6.45, 7) is 2.37. The van der Waals surface area contributed by atoms with Gasteiger partial charge in [0.25, 0.3) is 0 Å². The Morgan fingerprint density at radius 2 is 2.09 bits per heavy atom. The fraction of sp³-hybridized carbons (Fsp3) is 0.615. The van der Waals surface area contributed by atoms with Crippen LogP contribution in [0.2, 0.25) is 0 Å². The van der Waals surface area contributed by atoms with Crippen molar-refractivity contribution in [1.82, 2.24) is 14.3 Å². The molecule has 0 aliphatic carbocycles. The van der Waals surface area contributed by atoms with Gasteiger partial charge in [0.05, 0.1) is 25.4 Å². The van der Waals surface area contributed by atoms with Gasteiger partial charge in [0.15, 0.2) is 0 Å². The van der Waals surface area contributed by atoms with Crippen LogP contribution in [0, 0.1) is 0 Å². The van der Waals surface area contributed by atoms with Crippen LogP contribution in [-0.2, 0) is 19.6 Å². The van der Waals surface area contributed by atoms with Gasteiger partial charge in [-0.1, -0.05) is 6.42 Å². The summed E-state index contributed by atoms with van der Waals surface area (Å²) in [5.74, 6) is -0.371. The average Bonchev–Trinajstić information content (AvgIpc) is 2.48. The third kappa shape index (κ3) is 3.72. The van der Waals surface area contributed by atoms with Crippen molar-refractivity contribution < 1.29 is 17.9 Å². The van der Waals surface area contributed by atoms with Gasteiger partial charge in [-0.05, 0) is 19.8 Å². The summed E-state index contributed by atoms with van der Waals surface area (Å²) in [6, 6.07) is -0.393. The van der Waals surface area contributed by atoms with E-state index in [-0.39, 0.29) is 29.8 Å². The molecule has 1 fully saturated rings. The van der Waals surface area contributed by atoms with Crippen LogP contribution < -0.4 is 5.73 Å². The maximum Gasteiger partial charge on any atom is 0.307 e. The highest BCUT2D eigenvalue weighted by molar-refractivity contribution is 7.89. The number of carbonyl (C=O) groups excluding carboxylic acids is 1. The summed E-state index contributed by atoms with van der Waals surface area (Å²) < 4.78 is 31.7. The molecule has 0 aromatic carbocycles. The van der Waals surface area contributed by atoms with E-state index in [4.69, 9.17) is 10.5 Å². The standard InChI is InChI=1S/C13H20N4O4S/c1-2-21-12(18)7-10-5-3-4-6-17(10)22(19,20)11-8-15-13(14)16-9-11/h8-10H,2-7H2,1H3,(H2,14,15,16). The SMILES string of the molecule is CCOC(=O)CC1CCCCN1S(=O)(=O)c1cnc(N)nc1. The Hall–Kier alpha value is -1.74. The van der Waals surface area contributed by atoms with E-state index < -0.39 is 16.1 Å². The zero-order valence-electron chi connectivity index (χ0n) is 12.4. The van der Waals surface area contributed by atoms with E-state index in [0.717, 1.165) is 12.8 Å². The normalized spacial score (nSPS) is 19.8. The van der Waals surface area contributed by atoms with E-state index in [2.05, 4.69) is 9.97 Å². The molecule has 0 radical (unpaired) electrons. The minimum Gasteiger partial charge on any atom is -0.466 e. The Kier molecular flexibility index (Phi) is 5.30. The molecule has 1 aliphatic heterocycles. The Morgan fingerprint density at radius 1 is 1.41 bits per heavy atom. The molecule has 1 aliphatic rings. The monoisotopic (exact) mass is 328 g/mol. The molecule has 9 heteroatoms. The van der Waals surface area contributed by atoms with Crippen molar-refractivity contribution in [3.05, 3.63) is 12.4 Å². The molecule has 0 bridgehead atoms. The molecule has 1 aromatic rings. The maximum atomic E-state index is 12.7. The van der Waals surface area contributed by atoms with E-state index in [1.54, 1.807) is 6.92 Å². The fourth-order valence-electron chi connectivity index (χ4n) is 2.50. The lowest BCUT2D eigenvalue weighted by Crippen LogP contribution is -2.44. The number of esters is 1. The number of hydrogen-bond acceptors (Lipinski definition) is 7. The van der Waals surface area contributed by atoms with Crippen molar-refractivity contribution in [3.8, 4) is 0 Å². The summed E-state index contributed by atoms with van der Waals surface area (Å²) >= 11 is 0. The Balaban J connectivity index is 2.22. The predicted octanol–water partition coefficient (Wildman–Crippen LogP) is 0.555. The lowest BCUT2D eigenvalue weighted by molar-refractivity contribution is -0.144. The first-order valence-electron chi connectivity index (χ1n) is 7.20. The highest BCUT2D eigenvalue weighted by Crippen LogP contribution is 2.26. The second kappa shape index (κ2) is 7.01. The van der Waals surface area contributed by atoms with Crippen LogP contribution in [0.3, 0.4) is 0 Å². The first-order chi connectivity index (χ1) is 10.4. The van der Waals surface area contributed by atoms with Crippen molar-refractivity contribution in [2.45, 2.75) is 43.5 Å². The lowest BCUT2D eigenvalue weighted by Gasteiger charge is -2.33. The molecule has 2 heterocycles. The third-order valence-corrected chi connectivity index (χ3v) is 5.44. The first-order valence-corrected chi connectivity index (χ1v) is 8.64. The number of piperidine rings is 1. The van der Waals surface area contributed by atoms with Crippen LogP contribution in [0.25, 0.3) is 0 Å². The van der Waals surface area contributed by atoms with Crippen LogP contribution in [0.4, 0.5) is 5.95 Å². The number of aromatic nitrogens is 2. The molecule has 1 atom stereocenters. The van der Waals surface area contributed by atoms with Crippen molar-refractivity contribution in [2.24, 2.45) is 0 Å². The maximum absolute atomic E-state index is 12.7. The van der Waals surface area contributed by atoms with Gasteiger partial charge in [-0.2, -0.15) is 4.31 Å². The molecule has 1 saturated heterocycles. The van der Waals surface area contributed by atoms with Gasteiger partial charge in [-0.15, -0.1) is 0 Å². The number of carbonyl (C=O) groups is 1. The number of ether oxygens (including phenoxy) is 1. The van der Waals surface area contributed by atoms with Gasteiger partial charge in [0.1, 0.15) is 4.90 Å². The molecule has 0 amide bonds. The van der Waals surface area contributed by atoms with Crippen molar-refractivity contribution in [1.29, 1.82) is 0 Å². The molecule has 122 valence electrons. The highest BCUT2D eigenvalue weighted by atomic mass is 32.2. The smallest absolute Gasteiger partial charge is 0.307 e. The summed E-state index contributed by atoms with van der Waals surface area (Å²) in [4.78, 5) is 19.1. The molecule has 2 rings (SSSR count). The van der Waals surface area contributed by atoms with Gasteiger partial charge in [-0.25, -0.2) is 18.4 Å². The van der Waals surface area contributed by atoms with Crippen LogP contribution in [0.1, 0.15) is 32.6 Å². The lowest BCUT2D eigenvalue weighted by atomic mass is 10.0. The second-order valence-electron chi connectivity index (χ2n) is 5.05. The van der Waals surface area contributed by atoms with Crippen LogP contribution in [0.5, 0.6) is 0 Å². The molecule has 0 spiro atoms. The second-order valence-corrected chi connectivity index (χ2v) is 6.94. The fourth-order valence-corrected chi connectivity index (χ4v) is 4.09. The Labute approximate surface area is 129 Å². The van der Waals surface area contributed by atoms with Gasteiger partial charge in [0.2, 0.25) is 16.0 Å². The molecule has 1 aromatic heterocycles. The van der Waals surface area contributed by atoms with Gasteiger partial charge >= 0.3 is 5.97 Å². The van der Waals surface area contributed by atoms with E-state index in [1.165, 1.54) is 16.7 Å². The van der Waals surface area contributed by atoms with E-state index in [1.807, 2.05) is 0 Å². The Bertz CT molecular complexity index is 617. The first kappa shape index (κ1) is 16.6. The zero-order chi connectivity index (χ0) is 16.2. The van der Waals surface area contributed by atoms with Crippen LogP contribution in [-0.4, -0.2) is 47.9 Å². The topological polar surface area (TPSA) is 115 Å². The molecule has 2 N–H and O–H groups in total. The summed E-state index contributed by atoms with van der Waals surface area (Å²) in [5, 5.41) is 0. The average molecular weight is 328 g/mol. The van der Waals surface area contributed by atoms with E-state index in [0.29, 0.717) is 13.0 Å². The molecular formula is C13H20N4O4S. The quantitative estimate of drug-likeness (QED) is 0.785. The summed E-state index contributed by atoms with van der Waals surface area (Å²) in [5.41, 5.74) is 5.38. The number of nitrogens with two attached hydrogens (primary N) is 1. The van der Waals surface area contributed by atoms with E-state index >= 15 is 0 Å². The number of rotatable bonds is 5. The zero-order valence-corrected chi connectivity index (χ0v) is 13.3. The van der Waals surface area contributed by atoms with Gasteiger partial charge in [-0.3, -0.25) is 4.79 Å². The predicted molar refractivity (Wildman–Crippen MR) is 79.2 cm³/mol. The van der Waals surface area contributed by atoms with Crippen LogP contribution >= 0.6 is 0 Å². The largest absolute Gasteiger partial charge is 0.466 e. The number of nitrogen functional groups attached to an aromatic ring is 1. The minimum atomic E-state index is -3.74. The minimum absolute atomic E-state index is 0.0145. The molecule has 1 unspecified atom stereocenters. The number of anilines is 1. The summed E-state index contributed by atoms with van der Waals surface area (Å²) in [7, 11) is -3.74. The van der Waals surface area contributed by atoms with Crippen molar-refractivity contribution in [3.63, 3.8) is 0 Å². The van der Waals surface area contributed by atoms with Crippen molar-refractivity contribution in [2.75, 3.05) is 18.9 Å². The van der Waals surface area contributed by atoms with Crippen LogP contribution in [0.15, 0.2) is 17.3 Å². The van der Waals surface area contributed by atoms with Gasteiger partial charge in [0, 0.05) is 12.6 Å². The molecule has 22 heavy (non-hydrogen) atoms. The number of nitrogens with zero attached hydrogens (tertiary/aromatic N) is 3. The Morgan fingerprint density at radius 3 is 2.73 bits per heavy atom. The van der Waals surface area contributed by atoms with Crippen molar-refractivity contribution >= 4 is 21.9 Å². The highest BCUT2D eigenvalue weighted by Gasteiger charge is 2.35. The third-order valence-electron chi connectivity index (χ3n) is 3.54. The van der Waals surface area contributed by atoms with Gasteiger partial charge < -0.3 is 10.5 Å².